The number of rotatable bonds is 4. The van der Waals surface area contributed by atoms with Gasteiger partial charge in [0.1, 0.15) is 0 Å². The maximum absolute atomic E-state index is 3.49. The fourth-order valence-electron chi connectivity index (χ4n) is 3.63. The number of hydrogen-bond donors (Lipinski definition) is 1. The van der Waals surface area contributed by atoms with Crippen LogP contribution in [0, 0.1) is 0 Å². The molecule has 3 nitrogen and oxygen atoms in total. The Morgan fingerprint density at radius 3 is 2.80 bits per heavy atom. The molecule has 1 aromatic rings. The standard InChI is InChI=1S/C17H27N3/c1-19(16-9-10-18-12-16)17-8-5-11-20(14-17)13-15-6-3-2-4-7-15/h2-4,6-7,16-18H,5,8-14H2,1H3. The minimum absolute atomic E-state index is 0.734. The predicted octanol–water partition coefficient (Wildman–Crippen LogP) is 1.94. The average molecular weight is 273 g/mol. The van der Waals surface area contributed by atoms with Crippen LogP contribution in [0.1, 0.15) is 24.8 Å². The Labute approximate surface area is 123 Å². The quantitative estimate of drug-likeness (QED) is 0.904. The summed E-state index contributed by atoms with van der Waals surface area (Å²) in [5.74, 6) is 0. The SMILES string of the molecule is CN(C1CCNC1)C1CCCN(Cc2ccccc2)C1. The van der Waals surface area contributed by atoms with Gasteiger partial charge < -0.3 is 5.32 Å². The molecule has 0 saturated carbocycles. The van der Waals surface area contributed by atoms with Crippen LogP contribution in [0.5, 0.6) is 0 Å². The van der Waals surface area contributed by atoms with Crippen LogP contribution < -0.4 is 5.32 Å². The first-order valence-corrected chi connectivity index (χ1v) is 8.02. The molecule has 3 rings (SSSR count). The van der Waals surface area contributed by atoms with E-state index in [-0.39, 0.29) is 0 Å². The molecule has 2 unspecified atom stereocenters. The average Bonchev–Trinajstić information content (AvgIpc) is 3.02. The molecule has 1 N–H and O–H groups in total. The molecule has 2 aliphatic rings. The van der Waals surface area contributed by atoms with Crippen molar-refractivity contribution >= 4 is 0 Å². The zero-order valence-electron chi connectivity index (χ0n) is 12.6. The van der Waals surface area contributed by atoms with Crippen LogP contribution in [0.3, 0.4) is 0 Å². The van der Waals surface area contributed by atoms with Gasteiger partial charge in [-0.15, -0.1) is 0 Å². The van der Waals surface area contributed by atoms with E-state index in [0.29, 0.717) is 0 Å². The first-order chi connectivity index (χ1) is 9.83. The number of nitrogens with one attached hydrogen (secondary N) is 1. The number of piperidine rings is 1. The highest BCUT2D eigenvalue weighted by atomic mass is 15.2. The number of likely N-dealkylation sites (tertiary alicyclic amines) is 1. The molecule has 0 amide bonds. The smallest absolute Gasteiger partial charge is 0.0234 e. The largest absolute Gasteiger partial charge is 0.315 e. The van der Waals surface area contributed by atoms with Crippen molar-refractivity contribution in [1.82, 2.24) is 15.1 Å². The lowest BCUT2D eigenvalue weighted by Crippen LogP contribution is -2.50. The van der Waals surface area contributed by atoms with Gasteiger partial charge in [-0.2, -0.15) is 0 Å². The molecule has 2 aliphatic heterocycles. The topological polar surface area (TPSA) is 18.5 Å². The van der Waals surface area contributed by atoms with E-state index >= 15 is 0 Å². The highest BCUT2D eigenvalue weighted by Crippen LogP contribution is 2.20. The highest BCUT2D eigenvalue weighted by molar-refractivity contribution is 5.14. The van der Waals surface area contributed by atoms with Crippen LogP contribution in [-0.2, 0) is 6.54 Å². The van der Waals surface area contributed by atoms with Crippen LogP contribution in [0.4, 0.5) is 0 Å². The molecule has 1 aromatic carbocycles. The Morgan fingerprint density at radius 1 is 1.20 bits per heavy atom. The van der Waals surface area contributed by atoms with Crippen molar-refractivity contribution in [3.8, 4) is 0 Å². The lowest BCUT2D eigenvalue weighted by atomic mass is 10.0. The Morgan fingerprint density at radius 2 is 2.05 bits per heavy atom. The van der Waals surface area contributed by atoms with E-state index in [1.165, 1.54) is 51.0 Å². The second-order valence-corrected chi connectivity index (χ2v) is 6.33. The highest BCUT2D eigenvalue weighted by Gasteiger charge is 2.28. The van der Waals surface area contributed by atoms with Crippen LogP contribution in [0.25, 0.3) is 0 Å². The molecule has 0 aliphatic carbocycles. The molecule has 2 heterocycles. The van der Waals surface area contributed by atoms with Gasteiger partial charge in [0.05, 0.1) is 0 Å². The van der Waals surface area contributed by atoms with E-state index in [0.717, 1.165) is 18.6 Å². The molecule has 3 heteroatoms. The Hall–Kier alpha value is -0.900. The van der Waals surface area contributed by atoms with Gasteiger partial charge in [-0.25, -0.2) is 0 Å². The van der Waals surface area contributed by atoms with E-state index < -0.39 is 0 Å². The summed E-state index contributed by atoms with van der Waals surface area (Å²) in [5, 5.41) is 3.49. The van der Waals surface area contributed by atoms with Crippen molar-refractivity contribution in [3.63, 3.8) is 0 Å². The lowest BCUT2D eigenvalue weighted by molar-refractivity contribution is 0.0875. The minimum Gasteiger partial charge on any atom is -0.315 e. The number of likely N-dealkylation sites (N-methyl/N-ethyl adjacent to an activating group) is 1. The summed E-state index contributed by atoms with van der Waals surface area (Å²) >= 11 is 0. The van der Waals surface area contributed by atoms with Crippen molar-refractivity contribution in [3.05, 3.63) is 35.9 Å². The Balaban J connectivity index is 1.56. The third-order valence-corrected chi connectivity index (χ3v) is 4.92. The minimum atomic E-state index is 0.734. The van der Waals surface area contributed by atoms with Crippen molar-refractivity contribution < 1.29 is 0 Å². The summed E-state index contributed by atoms with van der Waals surface area (Å²) in [5.41, 5.74) is 1.44. The summed E-state index contributed by atoms with van der Waals surface area (Å²) in [6.07, 6.45) is 4.01. The summed E-state index contributed by atoms with van der Waals surface area (Å²) in [6, 6.07) is 12.4. The fourth-order valence-corrected chi connectivity index (χ4v) is 3.63. The van der Waals surface area contributed by atoms with E-state index in [9.17, 15) is 0 Å². The zero-order valence-corrected chi connectivity index (χ0v) is 12.6. The third-order valence-electron chi connectivity index (χ3n) is 4.92. The number of benzene rings is 1. The van der Waals surface area contributed by atoms with Crippen molar-refractivity contribution in [2.24, 2.45) is 0 Å². The molecule has 0 spiro atoms. The lowest BCUT2D eigenvalue weighted by Gasteiger charge is -2.40. The van der Waals surface area contributed by atoms with Crippen molar-refractivity contribution in [2.75, 3.05) is 33.2 Å². The Kier molecular flexibility index (Phi) is 4.71. The first kappa shape index (κ1) is 14.1. The van der Waals surface area contributed by atoms with E-state index in [1.54, 1.807) is 0 Å². The molecule has 20 heavy (non-hydrogen) atoms. The molecular formula is C17H27N3. The normalized spacial score (nSPS) is 28.1. The van der Waals surface area contributed by atoms with Gasteiger partial charge in [0.25, 0.3) is 0 Å². The summed E-state index contributed by atoms with van der Waals surface area (Å²) in [6.45, 7) is 5.94. The molecular weight excluding hydrogens is 246 g/mol. The van der Waals surface area contributed by atoms with Crippen LogP contribution in [-0.4, -0.2) is 55.1 Å². The van der Waals surface area contributed by atoms with Crippen molar-refractivity contribution in [2.45, 2.75) is 37.9 Å². The fraction of sp³-hybridized carbons (Fsp3) is 0.647. The molecule has 2 fully saturated rings. The van der Waals surface area contributed by atoms with E-state index in [2.05, 4.69) is 52.5 Å². The maximum Gasteiger partial charge on any atom is 0.0234 e. The predicted molar refractivity (Wildman–Crippen MR) is 83.8 cm³/mol. The summed E-state index contributed by atoms with van der Waals surface area (Å²) in [7, 11) is 2.33. The molecule has 2 atom stereocenters. The molecule has 0 bridgehead atoms. The summed E-state index contributed by atoms with van der Waals surface area (Å²) < 4.78 is 0. The van der Waals surface area contributed by atoms with Gasteiger partial charge in [-0.3, -0.25) is 9.80 Å². The van der Waals surface area contributed by atoms with Crippen LogP contribution in [0.2, 0.25) is 0 Å². The Bertz CT molecular complexity index is 400. The number of hydrogen-bond acceptors (Lipinski definition) is 3. The second kappa shape index (κ2) is 6.70. The second-order valence-electron chi connectivity index (χ2n) is 6.33. The van der Waals surface area contributed by atoms with Gasteiger partial charge in [-0.05, 0) is 45.0 Å². The van der Waals surface area contributed by atoms with Crippen LogP contribution in [0.15, 0.2) is 30.3 Å². The zero-order chi connectivity index (χ0) is 13.8. The molecule has 0 radical (unpaired) electrons. The van der Waals surface area contributed by atoms with Gasteiger partial charge in [0.2, 0.25) is 0 Å². The van der Waals surface area contributed by atoms with Gasteiger partial charge in [0, 0.05) is 31.7 Å². The van der Waals surface area contributed by atoms with Gasteiger partial charge >= 0.3 is 0 Å². The molecule has 110 valence electrons. The van der Waals surface area contributed by atoms with E-state index in [4.69, 9.17) is 0 Å². The third kappa shape index (κ3) is 3.40. The van der Waals surface area contributed by atoms with Gasteiger partial charge in [0.15, 0.2) is 0 Å². The first-order valence-electron chi connectivity index (χ1n) is 8.02. The molecule has 0 aromatic heterocycles. The van der Waals surface area contributed by atoms with E-state index in [1.807, 2.05) is 0 Å². The summed E-state index contributed by atoms with van der Waals surface area (Å²) in [4.78, 5) is 5.26. The molecule has 2 saturated heterocycles. The van der Waals surface area contributed by atoms with Gasteiger partial charge in [-0.1, -0.05) is 30.3 Å². The maximum atomic E-state index is 3.49. The van der Waals surface area contributed by atoms with Crippen molar-refractivity contribution in [1.29, 1.82) is 0 Å². The monoisotopic (exact) mass is 273 g/mol. The van der Waals surface area contributed by atoms with Crippen LogP contribution >= 0.6 is 0 Å². The number of nitrogens with zero attached hydrogens (tertiary/aromatic N) is 2.